The van der Waals surface area contributed by atoms with Crippen LogP contribution in [0.4, 0.5) is 0 Å². The van der Waals surface area contributed by atoms with Crippen LogP contribution < -0.4 is 10.6 Å². The number of hydrogen-bond donors (Lipinski definition) is 2. The molecular weight excluding hydrogens is 226 g/mol. The Labute approximate surface area is 110 Å². The third kappa shape index (κ3) is 3.04. The summed E-state index contributed by atoms with van der Waals surface area (Å²) in [4.78, 5) is 14.7. The standard InChI is InChI=1S/C14H27N3O/c1-10-6-7-11(2)17(10)12(3)14(18)16-13-5-4-8-15-9-13/h10-13,15H,4-9H2,1-3H3,(H,16,18)/t10?,11?,12?,13-/m1/s1. The van der Waals surface area contributed by atoms with Crippen LogP contribution in [0.25, 0.3) is 0 Å². The van der Waals surface area contributed by atoms with Gasteiger partial charge in [0.1, 0.15) is 0 Å². The van der Waals surface area contributed by atoms with Gasteiger partial charge in [0.25, 0.3) is 0 Å². The van der Waals surface area contributed by atoms with E-state index in [0.29, 0.717) is 18.1 Å². The zero-order valence-corrected chi connectivity index (χ0v) is 11.9. The third-order valence-corrected chi connectivity index (χ3v) is 4.49. The highest BCUT2D eigenvalue weighted by molar-refractivity contribution is 5.81. The molecule has 2 fully saturated rings. The molecule has 0 spiro atoms. The highest BCUT2D eigenvalue weighted by atomic mass is 16.2. The van der Waals surface area contributed by atoms with Gasteiger partial charge in [0.2, 0.25) is 5.91 Å². The van der Waals surface area contributed by atoms with E-state index in [1.807, 2.05) is 6.92 Å². The number of amides is 1. The summed E-state index contributed by atoms with van der Waals surface area (Å²) in [6.45, 7) is 8.51. The number of carbonyl (C=O) groups excluding carboxylic acids is 1. The van der Waals surface area contributed by atoms with Crippen molar-refractivity contribution >= 4 is 5.91 Å². The minimum absolute atomic E-state index is 0.000531. The van der Waals surface area contributed by atoms with Crippen molar-refractivity contribution in [3.63, 3.8) is 0 Å². The predicted molar refractivity (Wildman–Crippen MR) is 73.5 cm³/mol. The Kier molecular flexibility index (Phi) is 4.62. The summed E-state index contributed by atoms with van der Waals surface area (Å²) in [5.74, 6) is 0.198. The van der Waals surface area contributed by atoms with Crippen LogP contribution in [-0.4, -0.2) is 48.1 Å². The SMILES string of the molecule is CC1CCC(C)N1C(C)C(=O)N[C@@H]1CCCNC1. The predicted octanol–water partition coefficient (Wildman–Crippen LogP) is 1.12. The highest BCUT2D eigenvalue weighted by Gasteiger charge is 2.34. The average Bonchev–Trinajstić information content (AvgIpc) is 2.69. The van der Waals surface area contributed by atoms with E-state index >= 15 is 0 Å². The van der Waals surface area contributed by atoms with Crippen molar-refractivity contribution in [1.29, 1.82) is 0 Å². The first kappa shape index (κ1) is 13.8. The van der Waals surface area contributed by atoms with Crippen molar-refractivity contribution in [2.24, 2.45) is 0 Å². The molecule has 2 heterocycles. The first-order valence-electron chi connectivity index (χ1n) is 7.38. The van der Waals surface area contributed by atoms with Crippen molar-refractivity contribution in [3.8, 4) is 0 Å². The molecule has 2 aliphatic rings. The van der Waals surface area contributed by atoms with Crippen LogP contribution in [-0.2, 0) is 4.79 Å². The van der Waals surface area contributed by atoms with Crippen LogP contribution in [0.2, 0.25) is 0 Å². The zero-order valence-electron chi connectivity index (χ0n) is 11.9. The number of likely N-dealkylation sites (tertiary alicyclic amines) is 1. The molecule has 0 aromatic carbocycles. The Bertz CT molecular complexity index is 279. The number of piperidine rings is 1. The van der Waals surface area contributed by atoms with Gasteiger partial charge in [0.05, 0.1) is 6.04 Å². The van der Waals surface area contributed by atoms with Crippen LogP contribution >= 0.6 is 0 Å². The lowest BCUT2D eigenvalue weighted by Gasteiger charge is -2.33. The fourth-order valence-corrected chi connectivity index (χ4v) is 3.41. The van der Waals surface area contributed by atoms with E-state index < -0.39 is 0 Å². The molecule has 0 saturated carbocycles. The average molecular weight is 253 g/mol. The summed E-state index contributed by atoms with van der Waals surface area (Å²) in [7, 11) is 0. The minimum Gasteiger partial charge on any atom is -0.351 e. The van der Waals surface area contributed by atoms with Crippen molar-refractivity contribution in [2.45, 2.75) is 70.6 Å². The molecule has 4 nitrogen and oxygen atoms in total. The van der Waals surface area contributed by atoms with Gasteiger partial charge in [0, 0.05) is 24.7 Å². The maximum atomic E-state index is 12.3. The Balaban J connectivity index is 1.87. The minimum atomic E-state index is -0.000531. The summed E-state index contributed by atoms with van der Waals surface area (Å²) in [5, 5.41) is 6.53. The van der Waals surface area contributed by atoms with Gasteiger partial charge in [0.15, 0.2) is 0 Å². The van der Waals surface area contributed by atoms with Crippen LogP contribution in [0.1, 0.15) is 46.5 Å². The molecule has 3 unspecified atom stereocenters. The summed E-state index contributed by atoms with van der Waals surface area (Å²) >= 11 is 0. The Morgan fingerprint density at radius 3 is 2.50 bits per heavy atom. The van der Waals surface area contributed by atoms with Gasteiger partial charge in [-0.25, -0.2) is 0 Å². The van der Waals surface area contributed by atoms with Crippen molar-refractivity contribution in [3.05, 3.63) is 0 Å². The maximum Gasteiger partial charge on any atom is 0.237 e. The zero-order chi connectivity index (χ0) is 13.1. The maximum absolute atomic E-state index is 12.3. The molecule has 4 atom stereocenters. The molecule has 2 rings (SSSR count). The Morgan fingerprint density at radius 1 is 1.28 bits per heavy atom. The van der Waals surface area contributed by atoms with E-state index in [9.17, 15) is 4.79 Å². The van der Waals surface area contributed by atoms with Crippen LogP contribution in [0, 0.1) is 0 Å². The summed E-state index contributed by atoms with van der Waals surface area (Å²) in [6, 6.07) is 1.39. The molecular formula is C14H27N3O. The molecule has 0 bridgehead atoms. The van der Waals surface area contributed by atoms with E-state index in [2.05, 4.69) is 29.4 Å². The van der Waals surface area contributed by atoms with E-state index in [-0.39, 0.29) is 11.9 Å². The third-order valence-electron chi connectivity index (χ3n) is 4.49. The molecule has 2 aliphatic heterocycles. The van der Waals surface area contributed by atoms with E-state index in [4.69, 9.17) is 0 Å². The van der Waals surface area contributed by atoms with Crippen molar-refractivity contribution in [2.75, 3.05) is 13.1 Å². The number of nitrogens with one attached hydrogen (secondary N) is 2. The molecule has 2 saturated heterocycles. The Hall–Kier alpha value is -0.610. The summed E-state index contributed by atoms with van der Waals surface area (Å²) in [6.07, 6.45) is 4.69. The molecule has 18 heavy (non-hydrogen) atoms. The van der Waals surface area contributed by atoms with E-state index in [1.165, 1.54) is 12.8 Å². The monoisotopic (exact) mass is 253 g/mol. The number of rotatable bonds is 3. The van der Waals surface area contributed by atoms with Gasteiger partial charge in [-0.05, 0) is 53.0 Å². The number of hydrogen-bond acceptors (Lipinski definition) is 3. The first-order chi connectivity index (χ1) is 8.59. The van der Waals surface area contributed by atoms with Gasteiger partial charge >= 0.3 is 0 Å². The highest BCUT2D eigenvalue weighted by Crippen LogP contribution is 2.25. The topological polar surface area (TPSA) is 44.4 Å². The molecule has 4 heteroatoms. The fourth-order valence-electron chi connectivity index (χ4n) is 3.41. The molecule has 0 radical (unpaired) electrons. The molecule has 2 N–H and O–H groups in total. The lowest BCUT2D eigenvalue weighted by molar-refractivity contribution is -0.127. The van der Waals surface area contributed by atoms with Gasteiger partial charge in [-0.3, -0.25) is 9.69 Å². The molecule has 104 valence electrons. The van der Waals surface area contributed by atoms with Crippen LogP contribution in [0.5, 0.6) is 0 Å². The smallest absolute Gasteiger partial charge is 0.237 e. The van der Waals surface area contributed by atoms with Crippen LogP contribution in [0.3, 0.4) is 0 Å². The molecule has 1 amide bonds. The molecule has 0 aromatic rings. The first-order valence-corrected chi connectivity index (χ1v) is 7.38. The molecule has 0 aliphatic carbocycles. The largest absolute Gasteiger partial charge is 0.351 e. The van der Waals surface area contributed by atoms with Gasteiger partial charge in [-0.1, -0.05) is 0 Å². The van der Waals surface area contributed by atoms with Crippen molar-refractivity contribution < 1.29 is 4.79 Å². The summed E-state index contributed by atoms with van der Waals surface area (Å²) in [5.41, 5.74) is 0. The second kappa shape index (κ2) is 6.02. The quantitative estimate of drug-likeness (QED) is 0.792. The van der Waals surface area contributed by atoms with Gasteiger partial charge in [-0.15, -0.1) is 0 Å². The lowest BCUT2D eigenvalue weighted by Crippen LogP contribution is -2.54. The van der Waals surface area contributed by atoms with E-state index in [1.54, 1.807) is 0 Å². The van der Waals surface area contributed by atoms with Gasteiger partial charge < -0.3 is 10.6 Å². The van der Waals surface area contributed by atoms with Gasteiger partial charge in [-0.2, -0.15) is 0 Å². The lowest BCUT2D eigenvalue weighted by atomic mass is 10.1. The Morgan fingerprint density at radius 2 is 1.94 bits per heavy atom. The number of nitrogens with zero attached hydrogens (tertiary/aromatic N) is 1. The van der Waals surface area contributed by atoms with E-state index in [0.717, 1.165) is 25.9 Å². The molecule has 0 aromatic heterocycles. The second-order valence-electron chi connectivity index (χ2n) is 5.95. The normalized spacial score (nSPS) is 35.4. The fraction of sp³-hybridized carbons (Fsp3) is 0.929. The second-order valence-corrected chi connectivity index (χ2v) is 5.95. The van der Waals surface area contributed by atoms with Crippen molar-refractivity contribution in [1.82, 2.24) is 15.5 Å². The summed E-state index contributed by atoms with van der Waals surface area (Å²) < 4.78 is 0. The number of carbonyl (C=O) groups is 1. The van der Waals surface area contributed by atoms with Crippen LogP contribution in [0.15, 0.2) is 0 Å².